The van der Waals surface area contributed by atoms with Crippen molar-refractivity contribution in [2.45, 2.75) is 44.8 Å². The first kappa shape index (κ1) is 14.6. The summed E-state index contributed by atoms with van der Waals surface area (Å²) >= 11 is 1.69. The van der Waals surface area contributed by atoms with Gasteiger partial charge in [-0.3, -0.25) is 4.98 Å². The molecule has 23 heavy (non-hydrogen) atoms. The third-order valence-corrected chi connectivity index (χ3v) is 5.86. The average Bonchev–Trinajstić information content (AvgIpc) is 3.12. The van der Waals surface area contributed by atoms with Gasteiger partial charge in [-0.15, -0.1) is 11.3 Å². The van der Waals surface area contributed by atoms with E-state index in [0.29, 0.717) is 12.8 Å². The van der Waals surface area contributed by atoms with E-state index in [4.69, 9.17) is 5.26 Å². The van der Waals surface area contributed by atoms with Gasteiger partial charge >= 0.3 is 0 Å². The maximum Gasteiger partial charge on any atom is 0.109 e. The Labute approximate surface area is 138 Å². The molecular formula is C17H18N4OS. The van der Waals surface area contributed by atoms with Crippen LogP contribution in [0.5, 0.6) is 0 Å². The van der Waals surface area contributed by atoms with Crippen molar-refractivity contribution in [3.63, 3.8) is 0 Å². The van der Waals surface area contributed by atoms with E-state index in [1.165, 1.54) is 0 Å². The highest BCUT2D eigenvalue weighted by Crippen LogP contribution is 2.38. The van der Waals surface area contributed by atoms with E-state index in [1.807, 2.05) is 19.2 Å². The van der Waals surface area contributed by atoms with Gasteiger partial charge in [0.15, 0.2) is 0 Å². The maximum atomic E-state index is 10.4. The van der Waals surface area contributed by atoms with Crippen LogP contribution in [0.4, 0.5) is 0 Å². The molecule has 1 saturated carbocycles. The van der Waals surface area contributed by atoms with Gasteiger partial charge in [0.2, 0.25) is 0 Å². The van der Waals surface area contributed by atoms with E-state index in [0.717, 1.165) is 39.9 Å². The third-order valence-electron chi connectivity index (χ3n) is 4.95. The molecule has 0 bridgehead atoms. The summed E-state index contributed by atoms with van der Waals surface area (Å²) in [5, 5.41) is 21.4. The van der Waals surface area contributed by atoms with Gasteiger partial charge in [-0.2, -0.15) is 5.26 Å². The third kappa shape index (κ3) is 2.32. The molecule has 1 aliphatic rings. The number of hydrogen-bond donors (Lipinski definition) is 1. The van der Waals surface area contributed by atoms with Crippen LogP contribution in [0, 0.1) is 24.2 Å². The van der Waals surface area contributed by atoms with Crippen LogP contribution in [0.3, 0.4) is 0 Å². The Morgan fingerprint density at radius 3 is 3.09 bits per heavy atom. The fourth-order valence-corrected chi connectivity index (χ4v) is 4.71. The van der Waals surface area contributed by atoms with Crippen LogP contribution in [-0.2, 0) is 0 Å². The van der Waals surface area contributed by atoms with Crippen LogP contribution in [0.2, 0.25) is 0 Å². The average molecular weight is 326 g/mol. The van der Waals surface area contributed by atoms with Crippen LogP contribution in [-0.4, -0.2) is 25.7 Å². The minimum Gasteiger partial charge on any atom is -0.393 e. The number of aliphatic hydroxyl groups is 1. The predicted molar refractivity (Wildman–Crippen MR) is 90.3 cm³/mol. The number of pyridine rings is 1. The Balaban J connectivity index is 1.79. The van der Waals surface area contributed by atoms with Crippen LogP contribution >= 0.6 is 11.3 Å². The van der Waals surface area contributed by atoms with Gasteiger partial charge in [0.1, 0.15) is 11.3 Å². The zero-order valence-electron chi connectivity index (χ0n) is 12.9. The molecule has 0 saturated heterocycles. The van der Waals surface area contributed by atoms with Crippen LogP contribution < -0.4 is 0 Å². The van der Waals surface area contributed by atoms with Gasteiger partial charge in [-0.05, 0) is 43.6 Å². The second-order valence-corrected chi connectivity index (χ2v) is 7.23. The Bertz CT molecular complexity index is 906. The molecule has 3 aromatic heterocycles. The molecule has 0 amide bonds. The number of rotatable bonds is 2. The molecule has 3 aromatic rings. The summed E-state index contributed by atoms with van der Waals surface area (Å²) in [5.74, 6) is 1.08. The quantitative estimate of drug-likeness (QED) is 0.781. The Morgan fingerprint density at radius 2 is 2.30 bits per heavy atom. The molecule has 3 atom stereocenters. The lowest BCUT2D eigenvalue weighted by Crippen LogP contribution is -2.31. The van der Waals surface area contributed by atoms with Gasteiger partial charge in [-0.25, -0.2) is 4.98 Å². The lowest BCUT2D eigenvalue weighted by molar-refractivity contribution is 0.0501. The molecule has 4 rings (SSSR count). The summed E-state index contributed by atoms with van der Waals surface area (Å²) in [6.45, 7) is 2.02. The van der Waals surface area contributed by atoms with E-state index < -0.39 is 6.10 Å². The van der Waals surface area contributed by atoms with Crippen molar-refractivity contribution in [2.24, 2.45) is 5.92 Å². The summed E-state index contributed by atoms with van der Waals surface area (Å²) in [6, 6.07) is 4.46. The molecule has 0 unspecified atom stereocenters. The van der Waals surface area contributed by atoms with E-state index in [9.17, 15) is 5.11 Å². The van der Waals surface area contributed by atoms with Gasteiger partial charge in [0.05, 0.1) is 34.1 Å². The van der Waals surface area contributed by atoms with Crippen molar-refractivity contribution in [1.29, 1.82) is 5.26 Å². The van der Waals surface area contributed by atoms with Crippen LogP contribution in [0.25, 0.3) is 21.3 Å². The van der Waals surface area contributed by atoms with E-state index in [2.05, 4.69) is 26.0 Å². The number of nitriles is 1. The second-order valence-electron chi connectivity index (χ2n) is 6.31. The highest BCUT2D eigenvalue weighted by Gasteiger charge is 2.31. The first-order valence-corrected chi connectivity index (χ1v) is 8.82. The number of imidazole rings is 1. The monoisotopic (exact) mass is 326 g/mol. The van der Waals surface area contributed by atoms with Gasteiger partial charge < -0.3 is 9.67 Å². The fraction of sp³-hybridized carbons (Fsp3) is 0.471. The Kier molecular flexibility index (Phi) is 3.55. The molecule has 1 N–H and O–H groups in total. The molecule has 6 heteroatoms. The molecule has 3 heterocycles. The number of aromatic nitrogens is 3. The minimum atomic E-state index is -0.411. The predicted octanol–water partition coefficient (Wildman–Crippen LogP) is 3.57. The van der Waals surface area contributed by atoms with E-state index in [1.54, 1.807) is 11.3 Å². The zero-order valence-corrected chi connectivity index (χ0v) is 13.8. The van der Waals surface area contributed by atoms with Crippen LogP contribution in [0.1, 0.15) is 37.5 Å². The molecule has 5 nitrogen and oxygen atoms in total. The molecule has 0 aliphatic heterocycles. The smallest absolute Gasteiger partial charge is 0.109 e. The molecule has 118 valence electrons. The molecule has 0 radical (unpaired) electrons. The van der Waals surface area contributed by atoms with Crippen molar-refractivity contribution in [2.75, 3.05) is 0 Å². The number of nitrogens with zero attached hydrogens (tertiary/aromatic N) is 4. The number of thiophene rings is 1. The molecule has 0 aromatic carbocycles. The standard InChI is InChI=1S/C17H18N4OS/c1-10-20-14-9-19-13-5-7-23-17(13)16(14)21(10)12-3-2-11(4-6-18)15(22)8-12/h5,7,9,11-12,15,22H,2-4,8H2,1H3/t11-,12+,15-/m1/s1. The normalized spacial score (nSPS) is 25.0. The molecular weight excluding hydrogens is 308 g/mol. The summed E-state index contributed by atoms with van der Waals surface area (Å²) in [7, 11) is 0. The second kappa shape index (κ2) is 5.59. The van der Waals surface area contributed by atoms with Crippen LogP contribution in [0.15, 0.2) is 17.6 Å². The van der Waals surface area contributed by atoms with E-state index in [-0.39, 0.29) is 12.0 Å². The molecule has 1 aliphatic carbocycles. The largest absolute Gasteiger partial charge is 0.393 e. The van der Waals surface area contributed by atoms with Crippen molar-refractivity contribution in [3.8, 4) is 6.07 Å². The minimum absolute atomic E-state index is 0.106. The Morgan fingerprint density at radius 1 is 1.43 bits per heavy atom. The summed E-state index contributed by atoms with van der Waals surface area (Å²) in [6.07, 6.45) is 4.42. The summed E-state index contributed by atoms with van der Waals surface area (Å²) in [4.78, 5) is 9.14. The summed E-state index contributed by atoms with van der Waals surface area (Å²) < 4.78 is 3.44. The van der Waals surface area contributed by atoms with Gasteiger partial charge in [0, 0.05) is 12.5 Å². The van der Waals surface area contributed by atoms with Crippen molar-refractivity contribution in [3.05, 3.63) is 23.5 Å². The molecule has 0 spiro atoms. The summed E-state index contributed by atoms with van der Waals surface area (Å²) in [5.41, 5.74) is 3.06. The van der Waals surface area contributed by atoms with Gasteiger partial charge in [-0.1, -0.05) is 0 Å². The number of aliphatic hydroxyl groups excluding tert-OH is 1. The fourth-order valence-electron chi connectivity index (χ4n) is 3.82. The van der Waals surface area contributed by atoms with E-state index >= 15 is 0 Å². The highest BCUT2D eigenvalue weighted by molar-refractivity contribution is 7.18. The molecule has 1 fully saturated rings. The highest BCUT2D eigenvalue weighted by atomic mass is 32.1. The lowest BCUT2D eigenvalue weighted by Gasteiger charge is -2.33. The lowest BCUT2D eigenvalue weighted by atomic mass is 9.82. The van der Waals surface area contributed by atoms with Crippen molar-refractivity contribution >= 4 is 32.6 Å². The van der Waals surface area contributed by atoms with Crippen molar-refractivity contribution < 1.29 is 5.11 Å². The number of aryl methyl sites for hydroxylation is 1. The number of hydrogen-bond acceptors (Lipinski definition) is 5. The first-order valence-electron chi connectivity index (χ1n) is 7.94. The van der Waals surface area contributed by atoms with Gasteiger partial charge in [0.25, 0.3) is 0 Å². The maximum absolute atomic E-state index is 10.4. The topological polar surface area (TPSA) is 74.7 Å². The SMILES string of the molecule is Cc1nc2cnc3ccsc3c2n1[C@H]1CC[C@H](CC#N)[C@H](O)C1. The zero-order chi connectivity index (χ0) is 16.0. The first-order chi connectivity index (χ1) is 11.2. The number of fused-ring (bicyclic) bond motifs is 3. The van der Waals surface area contributed by atoms with Crippen molar-refractivity contribution in [1.82, 2.24) is 14.5 Å². The Hall–Kier alpha value is -1.97.